The standard InChI is InChI=1S/C16H19NO.C10H16O4S/c1-13(17)16(18,15-10-6-3-7-11-15)12-14-8-4-2-5-9-14;1-9(2)7-3-4-10(9,8(11)5-7)6-15(12,13)14/h2-11,13,18H,12,17H2,1H3;7H,3-6H2,1-2H3,(H,12,13,14)/t;7?,10-/m.1/s1. The van der Waals surface area contributed by atoms with Crippen LogP contribution in [0.3, 0.4) is 0 Å². The minimum Gasteiger partial charge on any atom is -0.748 e. The van der Waals surface area contributed by atoms with E-state index in [0.717, 1.165) is 17.5 Å². The minimum atomic E-state index is -4.33. The Morgan fingerprint density at radius 1 is 1.12 bits per heavy atom. The number of rotatable bonds is 6. The molecular weight excluding hydrogens is 438 g/mol. The SMILES string of the molecule is CC([NH3+])C(O)(Cc1ccccc1)c1ccccc1.CC1(C)C2CC[C@@]1(CS(=O)(=O)[O-])C(=O)C2. The van der Waals surface area contributed by atoms with E-state index in [9.17, 15) is 22.9 Å². The molecule has 7 heteroatoms. The van der Waals surface area contributed by atoms with Crippen LogP contribution >= 0.6 is 0 Å². The molecule has 4 N–H and O–H groups in total. The number of aliphatic hydroxyl groups is 1. The van der Waals surface area contributed by atoms with Crippen LogP contribution in [0.2, 0.25) is 0 Å². The van der Waals surface area contributed by atoms with Gasteiger partial charge >= 0.3 is 0 Å². The second-order valence-electron chi connectivity index (χ2n) is 10.2. The smallest absolute Gasteiger partial charge is 0.145 e. The second kappa shape index (κ2) is 9.29. The highest BCUT2D eigenvalue weighted by Gasteiger charge is 2.64. The number of hydrogen-bond donors (Lipinski definition) is 2. The lowest BCUT2D eigenvalue weighted by atomic mass is 9.70. The first kappa shape index (κ1) is 25.6. The Morgan fingerprint density at radius 3 is 2.09 bits per heavy atom. The topological polar surface area (TPSA) is 122 Å². The lowest BCUT2D eigenvalue weighted by Crippen LogP contribution is -2.69. The first-order chi connectivity index (χ1) is 15.3. The highest BCUT2D eigenvalue weighted by Crippen LogP contribution is 2.64. The zero-order valence-corrected chi connectivity index (χ0v) is 20.5. The number of hydrogen-bond acceptors (Lipinski definition) is 5. The fraction of sp³-hybridized carbons (Fsp3) is 0.500. The van der Waals surface area contributed by atoms with Crippen molar-refractivity contribution in [3.05, 3.63) is 71.8 Å². The monoisotopic (exact) mass is 473 g/mol. The maximum absolute atomic E-state index is 11.8. The number of ketones is 1. The molecule has 0 saturated heterocycles. The molecule has 2 fully saturated rings. The summed E-state index contributed by atoms with van der Waals surface area (Å²) >= 11 is 0. The number of fused-ring (bicyclic) bond motifs is 2. The Balaban J connectivity index is 0.000000189. The van der Waals surface area contributed by atoms with Crippen molar-refractivity contribution in [2.24, 2.45) is 16.7 Å². The van der Waals surface area contributed by atoms with E-state index in [1.807, 2.05) is 81.4 Å². The van der Waals surface area contributed by atoms with Crippen LogP contribution in [0.1, 0.15) is 51.2 Å². The highest BCUT2D eigenvalue weighted by atomic mass is 32.2. The van der Waals surface area contributed by atoms with Gasteiger partial charge in [0.15, 0.2) is 0 Å². The second-order valence-corrected chi connectivity index (χ2v) is 11.6. The first-order valence-electron chi connectivity index (χ1n) is 11.4. The van der Waals surface area contributed by atoms with Gasteiger partial charge in [0.05, 0.1) is 15.9 Å². The summed E-state index contributed by atoms with van der Waals surface area (Å²) in [6, 6.07) is 19.8. The van der Waals surface area contributed by atoms with E-state index < -0.39 is 26.9 Å². The van der Waals surface area contributed by atoms with Crippen molar-refractivity contribution in [2.45, 2.75) is 58.1 Å². The molecule has 2 aromatic rings. The lowest BCUT2D eigenvalue weighted by molar-refractivity contribution is -0.451. The third-order valence-corrected chi connectivity index (χ3v) is 8.81. The van der Waals surface area contributed by atoms with Crippen LogP contribution in [0.5, 0.6) is 0 Å². The summed E-state index contributed by atoms with van der Waals surface area (Å²) in [5.41, 5.74) is 3.95. The quantitative estimate of drug-likeness (QED) is 0.625. The minimum absolute atomic E-state index is 0.0248. The Hall–Kier alpha value is -2.06. The third kappa shape index (κ3) is 5.06. The van der Waals surface area contributed by atoms with Gasteiger partial charge in [0.25, 0.3) is 0 Å². The van der Waals surface area contributed by atoms with Crippen molar-refractivity contribution < 1.29 is 28.6 Å². The Morgan fingerprint density at radius 2 is 1.67 bits per heavy atom. The van der Waals surface area contributed by atoms with E-state index in [1.165, 1.54) is 0 Å². The van der Waals surface area contributed by atoms with E-state index in [2.05, 4.69) is 5.73 Å². The first-order valence-corrected chi connectivity index (χ1v) is 13.0. The highest BCUT2D eigenvalue weighted by molar-refractivity contribution is 7.85. The average Bonchev–Trinajstić information content (AvgIpc) is 3.08. The molecule has 2 aromatic carbocycles. The summed E-state index contributed by atoms with van der Waals surface area (Å²) in [5, 5.41) is 11.0. The molecule has 0 aromatic heterocycles. The molecule has 3 unspecified atom stereocenters. The van der Waals surface area contributed by atoms with Crippen molar-refractivity contribution in [1.82, 2.24) is 0 Å². The van der Waals surface area contributed by atoms with E-state index in [-0.39, 0.29) is 23.2 Å². The largest absolute Gasteiger partial charge is 0.748 e. The number of benzene rings is 2. The predicted octanol–water partition coefficient (Wildman–Crippen LogP) is 2.67. The number of quaternary nitrogens is 1. The molecule has 4 rings (SSSR count). The molecule has 0 aliphatic heterocycles. The van der Waals surface area contributed by atoms with Crippen LogP contribution in [-0.4, -0.2) is 35.7 Å². The summed E-state index contributed by atoms with van der Waals surface area (Å²) < 4.78 is 32.7. The molecule has 0 heterocycles. The van der Waals surface area contributed by atoms with E-state index >= 15 is 0 Å². The Bertz CT molecular complexity index is 1070. The van der Waals surface area contributed by atoms with E-state index in [0.29, 0.717) is 19.3 Å². The Labute approximate surface area is 197 Å². The molecule has 2 bridgehead atoms. The molecule has 0 spiro atoms. The number of Topliss-reactive ketones (excluding diaryl/α,β-unsaturated/α-hetero) is 1. The van der Waals surface area contributed by atoms with Crippen molar-refractivity contribution in [3.8, 4) is 0 Å². The van der Waals surface area contributed by atoms with Crippen LogP contribution < -0.4 is 5.73 Å². The van der Waals surface area contributed by atoms with E-state index in [1.54, 1.807) is 0 Å². The number of carbonyl (C=O) groups excluding carboxylic acids is 1. The summed E-state index contributed by atoms with van der Waals surface area (Å²) in [4.78, 5) is 11.8. The van der Waals surface area contributed by atoms with Gasteiger partial charge in [0.1, 0.15) is 17.4 Å². The lowest BCUT2D eigenvalue weighted by Gasteiger charge is -2.37. The molecule has 2 aliphatic carbocycles. The maximum atomic E-state index is 11.8. The van der Waals surface area contributed by atoms with E-state index in [4.69, 9.17) is 0 Å². The zero-order valence-electron chi connectivity index (χ0n) is 19.7. The van der Waals surface area contributed by atoms with Gasteiger partial charge in [-0.3, -0.25) is 4.79 Å². The normalized spacial score (nSPS) is 26.2. The molecule has 180 valence electrons. The van der Waals surface area contributed by atoms with Gasteiger partial charge in [-0.05, 0) is 42.2 Å². The number of carbonyl (C=O) groups is 1. The molecule has 0 amide bonds. The summed E-state index contributed by atoms with van der Waals surface area (Å²) in [6.07, 6.45) is 2.46. The van der Waals surface area contributed by atoms with Gasteiger partial charge in [-0.1, -0.05) is 74.5 Å². The fourth-order valence-electron chi connectivity index (χ4n) is 5.60. The summed E-state index contributed by atoms with van der Waals surface area (Å²) in [7, 11) is -4.33. The van der Waals surface area contributed by atoms with Gasteiger partial charge in [0.2, 0.25) is 0 Å². The van der Waals surface area contributed by atoms with Crippen LogP contribution in [0, 0.1) is 16.7 Å². The third-order valence-electron chi connectivity index (χ3n) is 7.97. The van der Waals surface area contributed by atoms with Crippen LogP contribution in [-0.2, 0) is 26.9 Å². The molecule has 2 saturated carbocycles. The molecule has 2 aliphatic rings. The van der Waals surface area contributed by atoms with Crippen molar-refractivity contribution >= 4 is 15.9 Å². The van der Waals surface area contributed by atoms with Gasteiger partial charge in [-0.2, -0.15) is 0 Å². The average molecular weight is 474 g/mol. The predicted molar refractivity (Wildman–Crippen MR) is 126 cm³/mol. The Kier molecular flexibility index (Phi) is 7.20. The molecule has 33 heavy (non-hydrogen) atoms. The van der Waals surface area contributed by atoms with Gasteiger partial charge in [-0.25, -0.2) is 8.42 Å². The van der Waals surface area contributed by atoms with Crippen molar-refractivity contribution in [2.75, 3.05) is 5.75 Å². The van der Waals surface area contributed by atoms with Crippen molar-refractivity contribution in [1.29, 1.82) is 0 Å². The van der Waals surface area contributed by atoms with Gasteiger partial charge in [0, 0.05) is 18.3 Å². The van der Waals surface area contributed by atoms with Gasteiger partial charge < -0.3 is 15.4 Å². The summed E-state index contributed by atoms with van der Waals surface area (Å²) in [5.74, 6) is -0.280. The zero-order chi connectivity index (χ0) is 24.5. The maximum Gasteiger partial charge on any atom is 0.145 e. The summed E-state index contributed by atoms with van der Waals surface area (Å²) in [6.45, 7) is 5.79. The van der Waals surface area contributed by atoms with Crippen LogP contribution in [0.4, 0.5) is 0 Å². The van der Waals surface area contributed by atoms with Crippen molar-refractivity contribution in [3.63, 3.8) is 0 Å². The molecule has 6 nitrogen and oxygen atoms in total. The van der Waals surface area contributed by atoms with Gasteiger partial charge in [-0.15, -0.1) is 0 Å². The van der Waals surface area contributed by atoms with Crippen LogP contribution in [0.25, 0.3) is 0 Å². The molecular formula is C26H35NO5S. The fourth-order valence-corrected chi connectivity index (χ4v) is 6.89. The van der Waals surface area contributed by atoms with Crippen LogP contribution in [0.15, 0.2) is 60.7 Å². The molecule has 4 atom stereocenters. The molecule has 0 radical (unpaired) electrons.